The quantitative estimate of drug-likeness (QED) is 0.752. The predicted molar refractivity (Wildman–Crippen MR) is 86.4 cm³/mol. The van der Waals surface area contributed by atoms with Gasteiger partial charge in [-0.3, -0.25) is 0 Å². The van der Waals surface area contributed by atoms with Gasteiger partial charge in [0.15, 0.2) is 0 Å². The van der Waals surface area contributed by atoms with Crippen molar-refractivity contribution in [2.75, 3.05) is 13.1 Å². The van der Waals surface area contributed by atoms with Crippen LogP contribution in [0.1, 0.15) is 32.3 Å². The lowest BCUT2D eigenvalue weighted by atomic mass is 9.99. The van der Waals surface area contributed by atoms with Gasteiger partial charge in [0.25, 0.3) is 0 Å². The van der Waals surface area contributed by atoms with Gasteiger partial charge in [0.1, 0.15) is 0 Å². The van der Waals surface area contributed by atoms with Crippen molar-refractivity contribution < 1.29 is 0 Å². The first-order valence-corrected chi connectivity index (χ1v) is 8.65. The predicted octanol–water partition coefficient (Wildman–Crippen LogP) is 4.34. The Morgan fingerprint density at radius 2 is 2.05 bits per heavy atom. The molecule has 106 valence electrons. The number of hydrogen-bond donors (Lipinski definition) is 1. The van der Waals surface area contributed by atoms with Crippen molar-refractivity contribution >= 4 is 23.4 Å². The Morgan fingerprint density at radius 1 is 1.32 bits per heavy atom. The second-order valence-electron chi connectivity index (χ2n) is 5.30. The van der Waals surface area contributed by atoms with E-state index in [1.54, 1.807) is 0 Å². The van der Waals surface area contributed by atoms with Gasteiger partial charge >= 0.3 is 0 Å². The summed E-state index contributed by atoms with van der Waals surface area (Å²) in [6, 6.07) is 8.74. The van der Waals surface area contributed by atoms with E-state index in [1.165, 1.54) is 29.7 Å². The molecule has 1 nitrogen and oxygen atoms in total. The van der Waals surface area contributed by atoms with Crippen LogP contribution in [0.4, 0.5) is 0 Å². The summed E-state index contributed by atoms with van der Waals surface area (Å²) in [5.74, 6) is 0.641. The average Bonchev–Trinajstić information content (AvgIpc) is 2.82. The summed E-state index contributed by atoms with van der Waals surface area (Å²) in [5, 5.41) is 4.50. The van der Waals surface area contributed by atoms with Gasteiger partial charge in [-0.05, 0) is 24.0 Å². The molecule has 1 aromatic rings. The molecule has 0 amide bonds. The number of fused-ring (bicyclic) bond motifs is 1. The topological polar surface area (TPSA) is 12.0 Å². The van der Waals surface area contributed by atoms with E-state index >= 15 is 0 Å². The fourth-order valence-corrected chi connectivity index (χ4v) is 4.47. The van der Waals surface area contributed by atoms with Crippen LogP contribution in [0, 0.1) is 5.92 Å². The summed E-state index contributed by atoms with van der Waals surface area (Å²) < 4.78 is 0. The Hall–Kier alpha value is -0.180. The van der Waals surface area contributed by atoms with E-state index in [1.807, 2.05) is 11.8 Å². The highest BCUT2D eigenvalue weighted by Gasteiger charge is 2.22. The average molecular weight is 298 g/mol. The van der Waals surface area contributed by atoms with Crippen LogP contribution in [0.3, 0.4) is 0 Å². The van der Waals surface area contributed by atoms with Gasteiger partial charge in [-0.15, -0.1) is 23.4 Å². The van der Waals surface area contributed by atoms with Crippen molar-refractivity contribution in [3.63, 3.8) is 0 Å². The molecule has 3 heteroatoms. The van der Waals surface area contributed by atoms with Crippen LogP contribution in [0.2, 0.25) is 0 Å². The molecule has 19 heavy (non-hydrogen) atoms. The molecule has 1 aliphatic heterocycles. The number of halogens is 1. The van der Waals surface area contributed by atoms with Gasteiger partial charge in [-0.1, -0.05) is 44.9 Å². The lowest BCUT2D eigenvalue weighted by molar-refractivity contribution is 0.446. The normalized spacial score (nSPS) is 19.7. The standard InChI is InChI=1S/C16H24ClNS/c1-3-12(4-2)15(17)11-18-10-14-9-13-7-5-6-8-16(13)19-14/h5-8,12,14-15,18H,3-4,9-11H2,1-2H3. The Morgan fingerprint density at radius 3 is 2.74 bits per heavy atom. The zero-order chi connectivity index (χ0) is 13.7. The number of rotatable bonds is 7. The lowest BCUT2D eigenvalue weighted by Gasteiger charge is -2.20. The highest BCUT2D eigenvalue weighted by molar-refractivity contribution is 8.00. The minimum Gasteiger partial charge on any atom is -0.314 e. The molecule has 2 atom stereocenters. The van der Waals surface area contributed by atoms with Crippen molar-refractivity contribution in [1.82, 2.24) is 5.32 Å². The first kappa shape index (κ1) is 15.2. The molecule has 0 spiro atoms. The monoisotopic (exact) mass is 297 g/mol. The molecule has 0 aliphatic carbocycles. The minimum atomic E-state index is 0.267. The van der Waals surface area contributed by atoms with E-state index in [-0.39, 0.29) is 5.38 Å². The Bertz CT molecular complexity index is 367. The highest BCUT2D eigenvalue weighted by atomic mass is 35.5. The molecule has 0 fully saturated rings. The van der Waals surface area contributed by atoms with Crippen LogP contribution in [-0.4, -0.2) is 23.7 Å². The van der Waals surface area contributed by atoms with Gasteiger partial charge in [0, 0.05) is 28.6 Å². The third-order valence-electron chi connectivity index (χ3n) is 3.99. The first-order valence-electron chi connectivity index (χ1n) is 7.33. The summed E-state index contributed by atoms with van der Waals surface area (Å²) >= 11 is 8.45. The Labute approximate surface area is 126 Å². The second kappa shape index (κ2) is 7.56. The Kier molecular flexibility index (Phi) is 6.06. The number of alkyl halides is 1. The zero-order valence-electron chi connectivity index (χ0n) is 11.9. The molecule has 0 bridgehead atoms. The molecule has 2 rings (SSSR count). The van der Waals surface area contributed by atoms with Crippen LogP contribution in [0.5, 0.6) is 0 Å². The van der Waals surface area contributed by atoms with Crippen molar-refractivity contribution in [2.45, 2.75) is 48.6 Å². The van der Waals surface area contributed by atoms with E-state index < -0.39 is 0 Å². The Balaban J connectivity index is 1.71. The van der Waals surface area contributed by atoms with E-state index in [0.717, 1.165) is 13.1 Å². The van der Waals surface area contributed by atoms with Gasteiger partial charge in [-0.2, -0.15) is 0 Å². The number of benzene rings is 1. The largest absolute Gasteiger partial charge is 0.314 e. The highest BCUT2D eigenvalue weighted by Crippen LogP contribution is 2.36. The van der Waals surface area contributed by atoms with E-state index in [9.17, 15) is 0 Å². The van der Waals surface area contributed by atoms with Gasteiger partial charge in [0.2, 0.25) is 0 Å². The van der Waals surface area contributed by atoms with Gasteiger partial charge in [-0.25, -0.2) is 0 Å². The fraction of sp³-hybridized carbons (Fsp3) is 0.625. The molecular weight excluding hydrogens is 274 g/mol. The SMILES string of the molecule is CCC(CC)C(Cl)CNCC1Cc2ccccc2S1. The maximum Gasteiger partial charge on any atom is 0.0488 e. The van der Waals surface area contributed by atoms with E-state index in [0.29, 0.717) is 11.2 Å². The summed E-state index contributed by atoms with van der Waals surface area (Å²) in [6.07, 6.45) is 3.54. The van der Waals surface area contributed by atoms with Crippen molar-refractivity contribution in [3.8, 4) is 0 Å². The van der Waals surface area contributed by atoms with Crippen LogP contribution >= 0.6 is 23.4 Å². The molecule has 1 aliphatic rings. The second-order valence-corrected chi connectivity index (χ2v) is 7.21. The molecule has 0 saturated heterocycles. The van der Waals surface area contributed by atoms with Crippen LogP contribution < -0.4 is 5.32 Å². The van der Waals surface area contributed by atoms with E-state index in [4.69, 9.17) is 11.6 Å². The molecular formula is C16H24ClNS. The van der Waals surface area contributed by atoms with Crippen molar-refractivity contribution in [2.24, 2.45) is 5.92 Å². The smallest absolute Gasteiger partial charge is 0.0488 e. The maximum absolute atomic E-state index is 6.45. The van der Waals surface area contributed by atoms with Crippen LogP contribution in [0.15, 0.2) is 29.2 Å². The number of hydrogen-bond acceptors (Lipinski definition) is 2. The first-order chi connectivity index (χ1) is 9.24. The maximum atomic E-state index is 6.45. The third-order valence-corrected chi connectivity index (χ3v) is 5.81. The third kappa shape index (κ3) is 4.14. The summed E-state index contributed by atoms with van der Waals surface area (Å²) in [4.78, 5) is 1.46. The molecule has 0 radical (unpaired) electrons. The summed E-state index contributed by atoms with van der Waals surface area (Å²) in [6.45, 7) is 6.45. The summed E-state index contributed by atoms with van der Waals surface area (Å²) in [5.41, 5.74) is 1.50. The molecule has 0 saturated carbocycles. The minimum absolute atomic E-state index is 0.267. The fourth-order valence-electron chi connectivity index (χ4n) is 2.72. The van der Waals surface area contributed by atoms with Crippen molar-refractivity contribution in [3.05, 3.63) is 29.8 Å². The van der Waals surface area contributed by atoms with Gasteiger partial charge in [0.05, 0.1) is 0 Å². The lowest BCUT2D eigenvalue weighted by Crippen LogP contribution is -2.33. The molecule has 0 aromatic heterocycles. The number of nitrogens with one attached hydrogen (secondary N) is 1. The van der Waals surface area contributed by atoms with E-state index in [2.05, 4.69) is 43.4 Å². The van der Waals surface area contributed by atoms with Gasteiger partial charge < -0.3 is 5.32 Å². The molecule has 2 unspecified atom stereocenters. The van der Waals surface area contributed by atoms with Crippen LogP contribution in [0.25, 0.3) is 0 Å². The molecule has 1 aromatic carbocycles. The number of thioether (sulfide) groups is 1. The molecule has 1 heterocycles. The summed E-state index contributed by atoms with van der Waals surface area (Å²) in [7, 11) is 0. The zero-order valence-corrected chi connectivity index (χ0v) is 13.4. The van der Waals surface area contributed by atoms with Crippen LogP contribution in [-0.2, 0) is 6.42 Å². The molecule has 1 N–H and O–H groups in total. The van der Waals surface area contributed by atoms with Crippen molar-refractivity contribution in [1.29, 1.82) is 0 Å².